The molecule has 1 aromatic heterocycles. The third-order valence-corrected chi connectivity index (χ3v) is 6.27. The maximum absolute atomic E-state index is 13.4. The van der Waals surface area contributed by atoms with Crippen LogP contribution in [0.5, 0.6) is 0 Å². The number of halogens is 1. The van der Waals surface area contributed by atoms with E-state index in [1.807, 2.05) is 24.0 Å². The first-order valence-electron chi connectivity index (χ1n) is 10.6. The fourth-order valence-electron chi connectivity index (χ4n) is 4.55. The number of nitrogens with zero attached hydrogens (tertiary/aromatic N) is 2. The van der Waals surface area contributed by atoms with Crippen LogP contribution in [0.25, 0.3) is 0 Å². The highest BCUT2D eigenvalue weighted by molar-refractivity contribution is 5.94. The molecule has 2 aliphatic heterocycles. The van der Waals surface area contributed by atoms with Crippen LogP contribution in [0, 0.1) is 24.6 Å². The number of ether oxygens (including phenoxy) is 2. The number of rotatable bonds is 3. The number of hydrogen-bond acceptors (Lipinski definition) is 4. The maximum Gasteiger partial charge on any atom is 0.255 e. The summed E-state index contributed by atoms with van der Waals surface area (Å²) < 4.78 is 25.9. The topological polar surface area (TPSA) is 51.7 Å². The molecule has 2 aliphatic rings. The molecule has 0 N–H and O–H groups in total. The molecule has 1 spiro atoms. The maximum atomic E-state index is 13.4. The lowest BCUT2D eigenvalue weighted by Gasteiger charge is -2.50. The third-order valence-electron chi connectivity index (χ3n) is 6.27. The van der Waals surface area contributed by atoms with Gasteiger partial charge in [0.1, 0.15) is 11.4 Å². The molecule has 160 valence electrons. The second kappa shape index (κ2) is 8.44. The summed E-state index contributed by atoms with van der Waals surface area (Å²) in [6.45, 7) is 8.21. The number of aromatic nitrogens is 1. The van der Waals surface area contributed by atoms with Gasteiger partial charge in [-0.05, 0) is 55.0 Å². The van der Waals surface area contributed by atoms with E-state index in [1.54, 1.807) is 18.3 Å². The first-order chi connectivity index (χ1) is 14.4. The highest BCUT2D eigenvalue weighted by Crippen LogP contribution is 2.44. The lowest BCUT2D eigenvalue weighted by atomic mass is 9.75. The lowest BCUT2D eigenvalue weighted by Crippen LogP contribution is -2.59. The number of pyridine rings is 1. The fraction of sp³-hybridized carbons (Fsp3) is 0.500. The quantitative estimate of drug-likeness (QED) is 0.759. The Morgan fingerprint density at radius 2 is 2.00 bits per heavy atom. The molecule has 5 nitrogen and oxygen atoms in total. The van der Waals surface area contributed by atoms with Gasteiger partial charge in [0.2, 0.25) is 0 Å². The normalized spacial score (nSPS) is 26.9. The fourth-order valence-corrected chi connectivity index (χ4v) is 4.55. The van der Waals surface area contributed by atoms with E-state index in [1.165, 1.54) is 12.1 Å². The van der Waals surface area contributed by atoms with Crippen molar-refractivity contribution >= 4 is 5.91 Å². The van der Waals surface area contributed by atoms with Crippen molar-refractivity contribution < 1.29 is 18.7 Å². The van der Waals surface area contributed by atoms with Crippen LogP contribution in [0.15, 0.2) is 42.6 Å². The van der Waals surface area contributed by atoms with Crippen molar-refractivity contribution in [2.75, 3.05) is 26.3 Å². The van der Waals surface area contributed by atoms with Crippen molar-refractivity contribution in [3.8, 4) is 0 Å². The Balaban J connectivity index is 1.52. The zero-order valence-electron chi connectivity index (χ0n) is 17.8. The van der Waals surface area contributed by atoms with E-state index in [2.05, 4.69) is 18.8 Å². The summed E-state index contributed by atoms with van der Waals surface area (Å²) in [5, 5.41) is 0. The van der Waals surface area contributed by atoms with Gasteiger partial charge in [-0.2, -0.15) is 0 Å². The average Bonchev–Trinajstić information content (AvgIpc) is 2.74. The van der Waals surface area contributed by atoms with Crippen molar-refractivity contribution in [2.24, 2.45) is 11.8 Å². The van der Waals surface area contributed by atoms with E-state index in [9.17, 15) is 9.18 Å². The van der Waals surface area contributed by atoms with Crippen LogP contribution >= 0.6 is 0 Å². The Bertz CT molecular complexity index is 884. The van der Waals surface area contributed by atoms with Crippen LogP contribution in [0.2, 0.25) is 0 Å². The standard InChI is InChI=1S/C24H29FN2O3/c1-16(2)21-12-24(15-29-22(21)18-6-8-20(25)9-7-18)14-27(10-11-30-24)23(28)19-5-4-17(3)26-13-19/h4-9,13,16,21-22H,10-12,14-15H2,1-3H3/t21-,22-,24-/m0/s1. The number of morpholine rings is 1. The number of carbonyl (C=O) groups is 1. The summed E-state index contributed by atoms with van der Waals surface area (Å²) in [6, 6.07) is 10.2. The minimum atomic E-state index is -0.516. The van der Waals surface area contributed by atoms with Gasteiger partial charge in [0.05, 0.1) is 31.4 Å². The first-order valence-corrected chi connectivity index (χ1v) is 10.6. The Morgan fingerprint density at radius 1 is 1.23 bits per heavy atom. The van der Waals surface area contributed by atoms with E-state index in [0.29, 0.717) is 37.8 Å². The van der Waals surface area contributed by atoms with Gasteiger partial charge in [0, 0.05) is 18.4 Å². The molecule has 0 saturated carbocycles. The van der Waals surface area contributed by atoms with Crippen molar-refractivity contribution in [3.63, 3.8) is 0 Å². The summed E-state index contributed by atoms with van der Waals surface area (Å²) in [7, 11) is 0. The van der Waals surface area contributed by atoms with Gasteiger partial charge in [-0.3, -0.25) is 9.78 Å². The van der Waals surface area contributed by atoms with Crippen molar-refractivity contribution in [2.45, 2.75) is 38.9 Å². The van der Waals surface area contributed by atoms with Crippen LogP contribution < -0.4 is 0 Å². The molecule has 30 heavy (non-hydrogen) atoms. The minimum Gasteiger partial charge on any atom is -0.370 e. The lowest BCUT2D eigenvalue weighted by molar-refractivity contribution is -0.204. The SMILES string of the molecule is Cc1ccc(C(=O)N2CCO[C@]3(CO[C@@H](c4ccc(F)cc4)[C@H](C(C)C)C3)C2)cn1. The molecule has 0 aliphatic carbocycles. The van der Waals surface area contributed by atoms with E-state index in [0.717, 1.165) is 17.7 Å². The van der Waals surface area contributed by atoms with Crippen molar-refractivity contribution in [3.05, 3.63) is 65.2 Å². The van der Waals surface area contributed by atoms with E-state index < -0.39 is 5.60 Å². The Labute approximate surface area is 177 Å². The second-order valence-corrected chi connectivity index (χ2v) is 8.84. The average molecular weight is 413 g/mol. The Morgan fingerprint density at radius 3 is 2.67 bits per heavy atom. The van der Waals surface area contributed by atoms with Crippen LogP contribution in [0.1, 0.15) is 48.0 Å². The van der Waals surface area contributed by atoms with Crippen molar-refractivity contribution in [1.29, 1.82) is 0 Å². The van der Waals surface area contributed by atoms with E-state index in [-0.39, 0.29) is 23.7 Å². The van der Waals surface area contributed by atoms with Gasteiger partial charge in [0.25, 0.3) is 5.91 Å². The van der Waals surface area contributed by atoms with Gasteiger partial charge in [-0.1, -0.05) is 26.0 Å². The van der Waals surface area contributed by atoms with Crippen LogP contribution in [0.4, 0.5) is 4.39 Å². The number of amides is 1. The summed E-state index contributed by atoms with van der Waals surface area (Å²) in [6.07, 6.45) is 2.33. The molecule has 0 radical (unpaired) electrons. The smallest absolute Gasteiger partial charge is 0.255 e. The molecule has 2 fully saturated rings. The Hall–Kier alpha value is -2.31. The monoisotopic (exact) mass is 412 g/mol. The summed E-state index contributed by atoms with van der Waals surface area (Å²) in [5.74, 6) is 0.294. The van der Waals surface area contributed by atoms with Crippen molar-refractivity contribution in [1.82, 2.24) is 9.88 Å². The third kappa shape index (κ3) is 4.25. The molecule has 1 aromatic carbocycles. The van der Waals surface area contributed by atoms with Gasteiger partial charge >= 0.3 is 0 Å². The van der Waals surface area contributed by atoms with Crippen LogP contribution in [-0.2, 0) is 9.47 Å². The molecular formula is C24H29FN2O3. The van der Waals surface area contributed by atoms with Gasteiger partial charge in [-0.25, -0.2) is 4.39 Å². The van der Waals surface area contributed by atoms with E-state index >= 15 is 0 Å². The molecule has 1 amide bonds. The van der Waals surface area contributed by atoms with Crippen LogP contribution in [-0.4, -0.2) is 47.7 Å². The highest BCUT2D eigenvalue weighted by Gasteiger charge is 2.47. The second-order valence-electron chi connectivity index (χ2n) is 8.84. The Kier molecular flexibility index (Phi) is 5.89. The first kappa shape index (κ1) is 20.9. The zero-order chi connectivity index (χ0) is 21.3. The highest BCUT2D eigenvalue weighted by atomic mass is 19.1. The molecule has 2 saturated heterocycles. The molecule has 6 heteroatoms. The molecule has 0 bridgehead atoms. The molecular weight excluding hydrogens is 383 g/mol. The summed E-state index contributed by atoms with van der Waals surface area (Å²) in [4.78, 5) is 19.1. The molecule has 3 heterocycles. The predicted molar refractivity (Wildman–Crippen MR) is 112 cm³/mol. The number of carbonyl (C=O) groups excluding carboxylic acids is 1. The molecule has 2 aromatic rings. The zero-order valence-corrected chi connectivity index (χ0v) is 17.8. The summed E-state index contributed by atoms with van der Waals surface area (Å²) >= 11 is 0. The minimum absolute atomic E-state index is 0.0214. The number of hydrogen-bond donors (Lipinski definition) is 0. The van der Waals surface area contributed by atoms with E-state index in [4.69, 9.17) is 9.47 Å². The molecule has 0 unspecified atom stereocenters. The largest absolute Gasteiger partial charge is 0.370 e. The predicted octanol–water partition coefficient (Wildman–Crippen LogP) is 4.17. The van der Waals surface area contributed by atoms with Crippen LogP contribution in [0.3, 0.4) is 0 Å². The van der Waals surface area contributed by atoms with Gasteiger partial charge in [-0.15, -0.1) is 0 Å². The van der Waals surface area contributed by atoms with Gasteiger partial charge in [0.15, 0.2) is 0 Å². The van der Waals surface area contributed by atoms with Gasteiger partial charge < -0.3 is 14.4 Å². The number of aryl methyl sites for hydroxylation is 1. The summed E-state index contributed by atoms with van der Waals surface area (Å²) in [5.41, 5.74) is 1.95. The molecule has 3 atom stereocenters. The molecule has 4 rings (SSSR count). The number of benzene rings is 1.